The quantitative estimate of drug-likeness (QED) is 0.178. The van der Waals surface area contributed by atoms with Gasteiger partial charge in [-0.15, -0.1) is 0 Å². The van der Waals surface area contributed by atoms with E-state index in [1.807, 2.05) is 72.8 Å². The Labute approximate surface area is 246 Å². The van der Waals surface area contributed by atoms with Crippen LogP contribution >= 0.6 is 0 Å². The van der Waals surface area contributed by atoms with E-state index in [1.54, 1.807) is 0 Å². The number of ether oxygens (including phenoxy) is 1. The van der Waals surface area contributed by atoms with Gasteiger partial charge in [0.1, 0.15) is 12.4 Å². The van der Waals surface area contributed by atoms with Gasteiger partial charge in [0, 0.05) is 17.6 Å². The molecule has 222 valence electrons. The van der Waals surface area contributed by atoms with Crippen LogP contribution in [-0.2, 0) is 35.3 Å². The van der Waals surface area contributed by atoms with Crippen LogP contribution in [0, 0.1) is 0 Å². The zero-order chi connectivity index (χ0) is 30.3. The molecule has 6 nitrogen and oxygen atoms in total. The van der Waals surface area contributed by atoms with E-state index < -0.39 is 14.3 Å². The molecule has 1 atom stereocenters. The van der Waals surface area contributed by atoms with Crippen LogP contribution in [0.5, 0.6) is 5.75 Å². The third-order valence-electron chi connectivity index (χ3n) is 7.87. The predicted molar refractivity (Wildman–Crippen MR) is 168 cm³/mol. The second kappa shape index (κ2) is 13.8. The van der Waals surface area contributed by atoms with E-state index in [0.29, 0.717) is 18.9 Å². The maximum absolute atomic E-state index is 11.2. The smallest absolute Gasteiger partial charge is 0.307 e. The molecule has 41 heavy (non-hydrogen) atoms. The minimum atomic E-state index is -2.13. The number of hydrogen-bond donors (Lipinski definition) is 3. The third kappa shape index (κ3) is 9.82. The zero-order valence-corrected chi connectivity index (χ0v) is 26.7. The first kappa shape index (κ1) is 32.5. The lowest BCUT2D eigenvalue weighted by molar-refractivity contribution is -0.136. The summed E-state index contributed by atoms with van der Waals surface area (Å²) in [6.45, 7) is 16.4. The molecule has 3 aromatic rings. The standard InChI is InChI=1S/C34H47NO5Si/c1-33(2,3)41(6,7)40-31(22-35-34(4,5)21-27-15-11-14-26(18-27)19-32(37)38)28-16-17-30(29(20-28)23-36)39-24-25-12-9-8-10-13-25/h8-18,20,31,35-36H,19,21-24H2,1-7H3,(H,37,38)/t31-/m1/s1. The summed E-state index contributed by atoms with van der Waals surface area (Å²) in [5.41, 5.74) is 4.42. The number of rotatable bonds is 14. The Kier molecular flexibility index (Phi) is 10.9. The van der Waals surface area contributed by atoms with Crippen molar-refractivity contribution in [2.75, 3.05) is 6.54 Å². The number of nitrogens with one attached hydrogen (secondary N) is 1. The number of aliphatic hydroxyl groups is 1. The first-order valence-corrected chi connectivity index (χ1v) is 17.2. The zero-order valence-electron chi connectivity index (χ0n) is 25.7. The van der Waals surface area contributed by atoms with Crippen LogP contribution in [0.1, 0.15) is 68.5 Å². The van der Waals surface area contributed by atoms with Crippen molar-refractivity contribution in [3.8, 4) is 5.75 Å². The van der Waals surface area contributed by atoms with Gasteiger partial charge < -0.3 is 24.7 Å². The molecular formula is C34H47NO5Si. The maximum atomic E-state index is 11.2. The minimum Gasteiger partial charge on any atom is -0.489 e. The molecule has 0 saturated carbocycles. The summed E-state index contributed by atoms with van der Waals surface area (Å²) in [4.78, 5) is 11.2. The maximum Gasteiger partial charge on any atom is 0.307 e. The fraction of sp³-hybridized carbons (Fsp3) is 0.441. The number of carbonyl (C=O) groups is 1. The molecule has 0 unspecified atom stereocenters. The number of carboxylic acids is 1. The molecule has 3 N–H and O–H groups in total. The lowest BCUT2D eigenvalue weighted by Crippen LogP contribution is -2.47. The molecule has 0 aliphatic heterocycles. The van der Waals surface area contributed by atoms with Crippen molar-refractivity contribution in [2.24, 2.45) is 0 Å². The highest BCUT2D eigenvalue weighted by molar-refractivity contribution is 6.74. The molecule has 0 aliphatic carbocycles. The molecule has 3 aromatic carbocycles. The lowest BCUT2D eigenvalue weighted by atomic mass is 9.93. The SMILES string of the molecule is CC(C)(Cc1cccc(CC(=O)O)c1)NC[C@@H](O[Si](C)(C)C(C)(C)C)c1ccc(OCc2ccccc2)c(CO)c1. The van der Waals surface area contributed by atoms with Crippen LogP contribution < -0.4 is 10.1 Å². The molecule has 7 heteroatoms. The first-order valence-electron chi connectivity index (χ1n) is 14.3. The van der Waals surface area contributed by atoms with E-state index in [2.05, 4.69) is 53.0 Å². The van der Waals surface area contributed by atoms with Gasteiger partial charge in [-0.2, -0.15) is 0 Å². The topological polar surface area (TPSA) is 88.0 Å². The van der Waals surface area contributed by atoms with Gasteiger partial charge in [0.15, 0.2) is 8.32 Å². The third-order valence-corrected chi connectivity index (χ3v) is 12.4. The second-order valence-electron chi connectivity index (χ2n) is 13.0. The van der Waals surface area contributed by atoms with Gasteiger partial charge in [-0.1, -0.05) is 81.4 Å². The van der Waals surface area contributed by atoms with Crippen LogP contribution in [0.15, 0.2) is 72.8 Å². The summed E-state index contributed by atoms with van der Waals surface area (Å²) in [5, 5.41) is 23.2. The van der Waals surface area contributed by atoms with Crippen LogP contribution in [0.4, 0.5) is 0 Å². The average molecular weight is 578 g/mol. The molecule has 0 aromatic heterocycles. The number of carboxylic acid groups (broad SMARTS) is 1. The van der Waals surface area contributed by atoms with Gasteiger partial charge >= 0.3 is 5.97 Å². The minimum absolute atomic E-state index is 0.0162. The van der Waals surface area contributed by atoms with E-state index in [-0.39, 0.29) is 29.7 Å². The largest absolute Gasteiger partial charge is 0.489 e. The normalized spacial score (nSPS) is 13.2. The van der Waals surface area contributed by atoms with Gasteiger partial charge in [-0.3, -0.25) is 4.79 Å². The van der Waals surface area contributed by atoms with Gasteiger partial charge in [-0.05, 0) is 72.8 Å². The molecule has 0 fully saturated rings. The van der Waals surface area contributed by atoms with Gasteiger partial charge in [-0.25, -0.2) is 0 Å². The van der Waals surface area contributed by atoms with E-state index >= 15 is 0 Å². The molecule has 0 spiro atoms. The Morgan fingerprint density at radius 3 is 2.20 bits per heavy atom. The number of aliphatic hydroxyl groups excluding tert-OH is 1. The highest BCUT2D eigenvalue weighted by atomic mass is 28.4. The van der Waals surface area contributed by atoms with E-state index in [0.717, 1.165) is 34.2 Å². The monoisotopic (exact) mass is 577 g/mol. The summed E-state index contributed by atoms with van der Waals surface area (Å²) in [6.07, 6.45) is 0.533. The fourth-order valence-electron chi connectivity index (χ4n) is 4.53. The average Bonchev–Trinajstić information content (AvgIpc) is 2.89. The van der Waals surface area contributed by atoms with E-state index in [1.165, 1.54) is 0 Å². The molecule has 0 saturated heterocycles. The number of hydrogen-bond acceptors (Lipinski definition) is 5. The number of benzene rings is 3. The molecule has 0 amide bonds. The molecule has 0 bridgehead atoms. The van der Waals surface area contributed by atoms with Crippen LogP contribution in [0.3, 0.4) is 0 Å². The van der Waals surface area contributed by atoms with E-state index in [9.17, 15) is 15.0 Å². The summed E-state index contributed by atoms with van der Waals surface area (Å²) in [5.74, 6) is -0.162. The van der Waals surface area contributed by atoms with Crippen molar-refractivity contribution >= 4 is 14.3 Å². The lowest BCUT2D eigenvalue weighted by Gasteiger charge is -2.40. The van der Waals surface area contributed by atoms with Crippen LogP contribution in [0.2, 0.25) is 18.1 Å². The predicted octanol–water partition coefficient (Wildman–Crippen LogP) is 7.06. The van der Waals surface area contributed by atoms with E-state index in [4.69, 9.17) is 9.16 Å². The fourth-order valence-corrected chi connectivity index (χ4v) is 5.81. The van der Waals surface area contributed by atoms with Crippen LogP contribution in [-0.4, -0.2) is 36.6 Å². The summed E-state index contributed by atoms with van der Waals surface area (Å²) >= 11 is 0. The van der Waals surface area contributed by atoms with Crippen LogP contribution in [0.25, 0.3) is 0 Å². The summed E-state index contributed by atoms with van der Waals surface area (Å²) in [7, 11) is -2.13. The number of aliphatic carboxylic acids is 1. The van der Waals surface area contributed by atoms with Crippen molar-refractivity contribution in [1.82, 2.24) is 5.32 Å². The molecular weight excluding hydrogens is 530 g/mol. The van der Waals surface area contributed by atoms with Crippen molar-refractivity contribution in [3.63, 3.8) is 0 Å². The molecule has 0 heterocycles. The Balaban J connectivity index is 1.81. The first-order chi connectivity index (χ1) is 19.2. The van der Waals surface area contributed by atoms with Gasteiger partial charge in [0.2, 0.25) is 0 Å². The Morgan fingerprint density at radius 2 is 1.56 bits per heavy atom. The van der Waals surface area contributed by atoms with Crippen molar-refractivity contribution in [2.45, 2.75) is 90.4 Å². The highest BCUT2D eigenvalue weighted by Crippen LogP contribution is 2.40. The van der Waals surface area contributed by atoms with Crippen molar-refractivity contribution < 1.29 is 24.2 Å². The molecule has 0 radical (unpaired) electrons. The molecule has 3 rings (SSSR count). The summed E-state index contributed by atoms with van der Waals surface area (Å²) < 4.78 is 13.0. The Bertz CT molecular complexity index is 1280. The molecule has 0 aliphatic rings. The Hall–Kier alpha value is -2.97. The van der Waals surface area contributed by atoms with Crippen molar-refractivity contribution in [3.05, 3.63) is 101 Å². The second-order valence-corrected chi connectivity index (χ2v) is 17.8. The van der Waals surface area contributed by atoms with Gasteiger partial charge in [0.05, 0.1) is 19.1 Å². The van der Waals surface area contributed by atoms with Crippen molar-refractivity contribution in [1.29, 1.82) is 0 Å². The highest BCUT2D eigenvalue weighted by Gasteiger charge is 2.40. The Morgan fingerprint density at radius 1 is 0.902 bits per heavy atom. The van der Waals surface area contributed by atoms with Gasteiger partial charge in [0.25, 0.3) is 0 Å². The summed E-state index contributed by atoms with van der Waals surface area (Å²) in [6, 6.07) is 23.8.